The Kier molecular flexibility index (Phi) is 4.06. The molecule has 0 bridgehead atoms. The van der Waals surface area contributed by atoms with Crippen LogP contribution in [0, 0.1) is 5.92 Å². The standard InChI is InChI=1S/C15H17BrO/c1-3-11(2)10-17-14-9-8-12-6-4-5-7-13(12)15(14)16/h4-9,11H,3,10H2,1-2H3. The van der Waals surface area contributed by atoms with Crippen LogP contribution in [0.25, 0.3) is 10.8 Å². The zero-order valence-corrected chi connectivity index (χ0v) is 11.8. The smallest absolute Gasteiger partial charge is 0.134 e. The molecule has 0 saturated heterocycles. The molecule has 2 heteroatoms. The maximum Gasteiger partial charge on any atom is 0.134 e. The minimum atomic E-state index is 0.591. The molecule has 0 radical (unpaired) electrons. The zero-order chi connectivity index (χ0) is 12.3. The van der Waals surface area contributed by atoms with Gasteiger partial charge in [-0.1, -0.05) is 50.6 Å². The van der Waals surface area contributed by atoms with E-state index in [-0.39, 0.29) is 0 Å². The molecule has 0 N–H and O–H groups in total. The van der Waals surface area contributed by atoms with Crippen molar-refractivity contribution in [3.05, 3.63) is 40.9 Å². The van der Waals surface area contributed by atoms with Gasteiger partial charge in [-0.05, 0) is 38.7 Å². The molecule has 0 fully saturated rings. The lowest BCUT2D eigenvalue weighted by Crippen LogP contribution is -2.07. The first kappa shape index (κ1) is 12.4. The van der Waals surface area contributed by atoms with E-state index >= 15 is 0 Å². The van der Waals surface area contributed by atoms with E-state index in [4.69, 9.17) is 4.74 Å². The van der Waals surface area contributed by atoms with Crippen molar-refractivity contribution < 1.29 is 4.74 Å². The van der Waals surface area contributed by atoms with Crippen LogP contribution in [-0.4, -0.2) is 6.61 Å². The maximum atomic E-state index is 5.85. The van der Waals surface area contributed by atoms with Crippen LogP contribution < -0.4 is 4.74 Å². The van der Waals surface area contributed by atoms with E-state index in [0.717, 1.165) is 23.2 Å². The minimum absolute atomic E-state index is 0.591. The van der Waals surface area contributed by atoms with Crippen LogP contribution in [0.2, 0.25) is 0 Å². The molecule has 0 heterocycles. The zero-order valence-electron chi connectivity index (χ0n) is 10.2. The Labute approximate surface area is 111 Å². The number of halogens is 1. The second kappa shape index (κ2) is 5.54. The van der Waals surface area contributed by atoms with Crippen molar-refractivity contribution in [2.24, 2.45) is 5.92 Å². The largest absolute Gasteiger partial charge is 0.492 e. The number of fused-ring (bicyclic) bond motifs is 1. The van der Waals surface area contributed by atoms with Crippen LogP contribution in [-0.2, 0) is 0 Å². The molecule has 1 nitrogen and oxygen atoms in total. The molecule has 0 aliphatic rings. The molecule has 0 aliphatic heterocycles. The van der Waals surface area contributed by atoms with Crippen LogP contribution in [0.5, 0.6) is 5.75 Å². The van der Waals surface area contributed by atoms with Crippen molar-refractivity contribution in [2.45, 2.75) is 20.3 Å². The van der Waals surface area contributed by atoms with Gasteiger partial charge >= 0.3 is 0 Å². The van der Waals surface area contributed by atoms with E-state index < -0.39 is 0 Å². The summed E-state index contributed by atoms with van der Waals surface area (Å²) in [6.45, 7) is 5.16. The van der Waals surface area contributed by atoms with Gasteiger partial charge in [0.2, 0.25) is 0 Å². The third kappa shape index (κ3) is 2.81. The van der Waals surface area contributed by atoms with Crippen LogP contribution in [0.15, 0.2) is 40.9 Å². The lowest BCUT2D eigenvalue weighted by molar-refractivity contribution is 0.255. The third-order valence-corrected chi connectivity index (χ3v) is 3.87. The Balaban J connectivity index is 2.26. The molecule has 0 aromatic heterocycles. The van der Waals surface area contributed by atoms with Gasteiger partial charge in [0.25, 0.3) is 0 Å². The summed E-state index contributed by atoms with van der Waals surface area (Å²) < 4.78 is 6.91. The van der Waals surface area contributed by atoms with Crippen LogP contribution in [0.3, 0.4) is 0 Å². The predicted octanol–water partition coefficient (Wildman–Crippen LogP) is 5.03. The highest BCUT2D eigenvalue weighted by Crippen LogP contribution is 2.33. The van der Waals surface area contributed by atoms with Gasteiger partial charge in [-0.25, -0.2) is 0 Å². The highest BCUT2D eigenvalue weighted by Gasteiger charge is 2.07. The van der Waals surface area contributed by atoms with Crippen molar-refractivity contribution in [1.82, 2.24) is 0 Å². The van der Waals surface area contributed by atoms with Gasteiger partial charge in [-0.2, -0.15) is 0 Å². The second-order valence-corrected chi connectivity index (χ2v) is 5.22. The monoisotopic (exact) mass is 292 g/mol. The minimum Gasteiger partial charge on any atom is -0.492 e. The molecule has 0 saturated carbocycles. The van der Waals surface area contributed by atoms with E-state index in [1.54, 1.807) is 0 Å². The van der Waals surface area contributed by atoms with Crippen LogP contribution in [0.1, 0.15) is 20.3 Å². The van der Waals surface area contributed by atoms with E-state index in [1.807, 2.05) is 12.1 Å². The van der Waals surface area contributed by atoms with Crippen molar-refractivity contribution in [3.8, 4) is 5.75 Å². The molecule has 0 aliphatic carbocycles. The maximum absolute atomic E-state index is 5.85. The molecule has 17 heavy (non-hydrogen) atoms. The number of rotatable bonds is 4. The molecule has 0 amide bonds. The summed E-state index contributed by atoms with van der Waals surface area (Å²) in [5.41, 5.74) is 0. The van der Waals surface area contributed by atoms with Gasteiger partial charge in [-0.15, -0.1) is 0 Å². The first-order valence-corrected chi connectivity index (χ1v) is 6.81. The van der Waals surface area contributed by atoms with Gasteiger partial charge in [0.1, 0.15) is 5.75 Å². The fraction of sp³-hybridized carbons (Fsp3) is 0.333. The normalized spacial score (nSPS) is 12.6. The summed E-state index contributed by atoms with van der Waals surface area (Å²) in [5.74, 6) is 1.53. The third-order valence-electron chi connectivity index (χ3n) is 3.05. The Hall–Kier alpha value is -1.02. The van der Waals surface area contributed by atoms with Gasteiger partial charge < -0.3 is 4.74 Å². The summed E-state index contributed by atoms with van der Waals surface area (Å²) in [6, 6.07) is 12.5. The molecule has 90 valence electrons. The number of hydrogen-bond acceptors (Lipinski definition) is 1. The van der Waals surface area contributed by atoms with Gasteiger partial charge in [-0.3, -0.25) is 0 Å². The SMILES string of the molecule is CCC(C)COc1ccc2ccccc2c1Br. The first-order chi connectivity index (χ1) is 8.22. The topological polar surface area (TPSA) is 9.23 Å². The average Bonchev–Trinajstić information content (AvgIpc) is 2.38. The highest BCUT2D eigenvalue weighted by atomic mass is 79.9. The van der Waals surface area contributed by atoms with Crippen LogP contribution >= 0.6 is 15.9 Å². The Bertz CT molecular complexity index is 507. The number of benzene rings is 2. The fourth-order valence-electron chi connectivity index (χ4n) is 1.67. The van der Waals surface area contributed by atoms with E-state index in [0.29, 0.717) is 5.92 Å². The van der Waals surface area contributed by atoms with Gasteiger partial charge in [0.15, 0.2) is 0 Å². The summed E-state index contributed by atoms with van der Waals surface area (Å²) in [6.07, 6.45) is 1.14. The molecular formula is C15H17BrO. The van der Waals surface area contributed by atoms with Gasteiger partial charge in [0, 0.05) is 0 Å². The molecule has 0 spiro atoms. The number of ether oxygens (including phenoxy) is 1. The quantitative estimate of drug-likeness (QED) is 0.768. The highest BCUT2D eigenvalue weighted by molar-refractivity contribution is 9.10. The van der Waals surface area contributed by atoms with Gasteiger partial charge in [0.05, 0.1) is 11.1 Å². The summed E-state index contributed by atoms with van der Waals surface area (Å²) in [5, 5.41) is 2.43. The Morgan fingerprint density at radius 3 is 2.71 bits per heavy atom. The lowest BCUT2D eigenvalue weighted by atomic mass is 10.1. The van der Waals surface area contributed by atoms with Crippen molar-refractivity contribution in [3.63, 3.8) is 0 Å². The fourth-order valence-corrected chi connectivity index (χ4v) is 2.28. The van der Waals surface area contributed by atoms with Crippen molar-refractivity contribution >= 4 is 26.7 Å². The lowest BCUT2D eigenvalue weighted by Gasteiger charge is -2.13. The molecule has 1 atom stereocenters. The molecule has 1 unspecified atom stereocenters. The summed E-state index contributed by atoms with van der Waals surface area (Å²) in [7, 11) is 0. The predicted molar refractivity (Wildman–Crippen MR) is 76.6 cm³/mol. The summed E-state index contributed by atoms with van der Waals surface area (Å²) >= 11 is 3.63. The molecule has 2 aromatic carbocycles. The first-order valence-electron chi connectivity index (χ1n) is 6.02. The molecular weight excluding hydrogens is 276 g/mol. The van der Waals surface area contributed by atoms with E-state index in [1.165, 1.54) is 10.8 Å². The second-order valence-electron chi connectivity index (χ2n) is 4.42. The van der Waals surface area contributed by atoms with Crippen molar-refractivity contribution in [1.29, 1.82) is 0 Å². The Morgan fingerprint density at radius 2 is 1.94 bits per heavy atom. The van der Waals surface area contributed by atoms with E-state index in [9.17, 15) is 0 Å². The van der Waals surface area contributed by atoms with E-state index in [2.05, 4.69) is 54.0 Å². The molecule has 2 rings (SSSR count). The van der Waals surface area contributed by atoms with Crippen LogP contribution in [0.4, 0.5) is 0 Å². The molecule has 2 aromatic rings. The summed E-state index contributed by atoms with van der Waals surface area (Å²) in [4.78, 5) is 0. The Morgan fingerprint density at radius 1 is 1.18 bits per heavy atom. The van der Waals surface area contributed by atoms with Crippen molar-refractivity contribution in [2.75, 3.05) is 6.61 Å². The average molecular weight is 293 g/mol. The number of hydrogen-bond donors (Lipinski definition) is 0.